The van der Waals surface area contributed by atoms with Gasteiger partial charge in [-0.15, -0.1) is 0 Å². The first-order chi connectivity index (χ1) is 23.5. The summed E-state index contributed by atoms with van der Waals surface area (Å²) in [5.74, 6) is 1.82. The minimum absolute atomic E-state index is 0.0592. The van der Waals surface area contributed by atoms with Gasteiger partial charge in [-0.05, 0) is 126 Å². The van der Waals surface area contributed by atoms with Gasteiger partial charge >= 0.3 is 0 Å². The lowest BCUT2D eigenvalue weighted by molar-refractivity contribution is 0.487. The average molecular weight is 613 g/mol. The minimum atomic E-state index is -0.0592. The van der Waals surface area contributed by atoms with Crippen LogP contribution in [0.1, 0.15) is 25.0 Å². The topological polar surface area (TPSA) is 9.23 Å². The summed E-state index contributed by atoms with van der Waals surface area (Å²) >= 11 is 0. The van der Waals surface area contributed by atoms with Crippen LogP contribution in [0.5, 0.6) is 11.5 Å². The predicted octanol–water partition coefficient (Wildman–Crippen LogP) is 13.1. The maximum Gasteiger partial charge on any atom is 0.135 e. The monoisotopic (exact) mass is 612 g/mol. The Kier molecular flexibility index (Phi) is 5.69. The van der Waals surface area contributed by atoms with Crippen molar-refractivity contribution in [3.63, 3.8) is 0 Å². The van der Waals surface area contributed by atoms with E-state index in [4.69, 9.17) is 4.74 Å². The van der Waals surface area contributed by atoms with Gasteiger partial charge < -0.3 is 4.74 Å². The molecule has 0 saturated carbocycles. The van der Waals surface area contributed by atoms with Crippen molar-refractivity contribution in [2.24, 2.45) is 0 Å². The van der Waals surface area contributed by atoms with Gasteiger partial charge in [0.15, 0.2) is 0 Å². The van der Waals surface area contributed by atoms with E-state index in [2.05, 4.69) is 172 Å². The molecule has 8 aromatic carbocycles. The van der Waals surface area contributed by atoms with E-state index in [9.17, 15) is 0 Å². The molecule has 0 unspecified atom stereocenters. The summed E-state index contributed by atoms with van der Waals surface area (Å²) in [6.07, 6.45) is 0. The molecule has 0 amide bonds. The number of hydrogen-bond acceptors (Lipinski definition) is 1. The molecule has 1 heteroatoms. The molecule has 1 aliphatic heterocycles. The van der Waals surface area contributed by atoms with Gasteiger partial charge in [0.25, 0.3) is 0 Å². The second-order valence-corrected chi connectivity index (χ2v) is 13.8. The highest BCUT2D eigenvalue weighted by Crippen LogP contribution is 2.52. The van der Waals surface area contributed by atoms with Crippen molar-refractivity contribution in [1.29, 1.82) is 0 Å². The number of ether oxygens (including phenoxy) is 1. The van der Waals surface area contributed by atoms with Gasteiger partial charge in [0.05, 0.1) is 0 Å². The molecule has 0 fully saturated rings. The maximum atomic E-state index is 6.44. The number of hydrogen-bond donors (Lipinski definition) is 0. The molecule has 48 heavy (non-hydrogen) atoms. The van der Waals surface area contributed by atoms with E-state index in [0.717, 1.165) is 17.1 Å². The van der Waals surface area contributed by atoms with Gasteiger partial charge in [-0.3, -0.25) is 0 Å². The quantitative estimate of drug-likeness (QED) is 0.193. The van der Waals surface area contributed by atoms with Gasteiger partial charge in [0.1, 0.15) is 11.5 Å². The van der Waals surface area contributed by atoms with Crippen molar-refractivity contribution in [2.45, 2.75) is 19.3 Å². The maximum absolute atomic E-state index is 6.44. The lowest BCUT2D eigenvalue weighted by atomic mass is 9.81. The minimum Gasteiger partial charge on any atom is -0.456 e. The van der Waals surface area contributed by atoms with Crippen LogP contribution in [0.25, 0.3) is 77.2 Å². The summed E-state index contributed by atoms with van der Waals surface area (Å²) in [6.45, 7) is 4.73. The Hall–Kier alpha value is -5.92. The fourth-order valence-electron chi connectivity index (χ4n) is 8.07. The normalized spacial score (nSPS) is 13.5. The van der Waals surface area contributed by atoms with Crippen molar-refractivity contribution in [3.8, 4) is 67.1 Å². The molecular formula is C47H32O. The Labute approximate surface area is 280 Å². The molecule has 0 N–H and O–H groups in total. The predicted molar refractivity (Wildman–Crippen MR) is 201 cm³/mol. The third kappa shape index (κ3) is 4.04. The zero-order valence-electron chi connectivity index (χ0n) is 26.9. The summed E-state index contributed by atoms with van der Waals surface area (Å²) in [4.78, 5) is 0. The molecule has 0 atom stereocenters. The highest BCUT2D eigenvalue weighted by molar-refractivity contribution is 6.07. The van der Waals surface area contributed by atoms with E-state index < -0.39 is 0 Å². The SMILES string of the molecule is CC1(C)c2cc(-c3ccc(-c4cc5c6c(cccc6c4)Oc4ccc(-c6ccccc6)cc4-5)cc3)ccc2-c2cc3ccccc3cc21. The summed E-state index contributed by atoms with van der Waals surface area (Å²) in [5.41, 5.74) is 15.1. The van der Waals surface area contributed by atoms with Crippen LogP contribution in [0.4, 0.5) is 0 Å². The summed E-state index contributed by atoms with van der Waals surface area (Å²) in [6, 6.07) is 57.7. The van der Waals surface area contributed by atoms with E-state index in [0.29, 0.717) is 0 Å². The van der Waals surface area contributed by atoms with E-state index in [1.54, 1.807) is 0 Å². The van der Waals surface area contributed by atoms with Gasteiger partial charge in [-0.25, -0.2) is 0 Å². The van der Waals surface area contributed by atoms with Crippen LogP contribution in [-0.2, 0) is 5.41 Å². The van der Waals surface area contributed by atoms with Crippen LogP contribution in [0, 0.1) is 0 Å². The second kappa shape index (κ2) is 10.0. The van der Waals surface area contributed by atoms with E-state index in [1.165, 1.54) is 82.7 Å². The van der Waals surface area contributed by atoms with Crippen LogP contribution >= 0.6 is 0 Å². The second-order valence-electron chi connectivity index (χ2n) is 13.8. The van der Waals surface area contributed by atoms with E-state index >= 15 is 0 Å². The highest BCUT2D eigenvalue weighted by atomic mass is 16.5. The van der Waals surface area contributed by atoms with E-state index in [1.807, 2.05) is 0 Å². The Morgan fingerprint density at radius 3 is 1.77 bits per heavy atom. The molecule has 1 nitrogen and oxygen atoms in total. The smallest absolute Gasteiger partial charge is 0.135 e. The van der Waals surface area contributed by atoms with Crippen LogP contribution in [0.2, 0.25) is 0 Å². The van der Waals surface area contributed by atoms with Crippen LogP contribution in [-0.4, -0.2) is 0 Å². The summed E-state index contributed by atoms with van der Waals surface area (Å²) < 4.78 is 6.44. The largest absolute Gasteiger partial charge is 0.456 e. The first kappa shape index (κ1) is 27.2. The number of rotatable bonds is 3. The van der Waals surface area contributed by atoms with Crippen molar-refractivity contribution in [3.05, 3.63) is 169 Å². The molecule has 226 valence electrons. The number of fused-ring (bicyclic) bond motifs is 6. The summed E-state index contributed by atoms with van der Waals surface area (Å²) in [5, 5.41) is 4.96. The molecule has 0 radical (unpaired) electrons. The molecule has 1 heterocycles. The standard InChI is InChI=1S/C47H32O/c1-47(2)42-28-35(19-21-38(42)39-24-32-11-6-7-12-33(32)27-43(39)47)30-15-17-31(18-16-30)37-23-36-13-8-14-45-46(36)41(26-37)40-25-34(20-22-44(40)48-45)29-9-4-3-5-10-29/h3-28H,1-2H3. The molecule has 0 spiro atoms. The Morgan fingerprint density at radius 2 is 0.958 bits per heavy atom. The van der Waals surface area contributed by atoms with E-state index in [-0.39, 0.29) is 5.41 Å². The first-order valence-electron chi connectivity index (χ1n) is 16.7. The van der Waals surface area contributed by atoms with Crippen LogP contribution < -0.4 is 4.74 Å². The molecule has 0 aromatic heterocycles. The Morgan fingerprint density at radius 1 is 0.354 bits per heavy atom. The lowest BCUT2D eigenvalue weighted by Gasteiger charge is -2.23. The Bertz CT molecular complexity index is 2590. The van der Waals surface area contributed by atoms with Crippen LogP contribution in [0.3, 0.4) is 0 Å². The highest BCUT2D eigenvalue weighted by Gasteiger charge is 2.36. The average Bonchev–Trinajstić information content (AvgIpc) is 3.35. The molecule has 0 saturated heterocycles. The molecule has 0 bridgehead atoms. The third-order valence-corrected chi connectivity index (χ3v) is 10.6. The molecule has 2 aliphatic rings. The zero-order chi connectivity index (χ0) is 32.0. The molecule has 1 aliphatic carbocycles. The number of benzene rings is 8. The lowest BCUT2D eigenvalue weighted by Crippen LogP contribution is -2.15. The van der Waals surface area contributed by atoms with Gasteiger partial charge in [-0.2, -0.15) is 0 Å². The van der Waals surface area contributed by atoms with Gasteiger partial charge in [-0.1, -0.05) is 123 Å². The van der Waals surface area contributed by atoms with Gasteiger partial charge in [0.2, 0.25) is 0 Å². The third-order valence-electron chi connectivity index (χ3n) is 10.6. The Balaban J connectivity index is 1.04. The zero-order valence-corrected chi connectivity index (χ0v) is 26.9. The first-order valence-corrected chi connectivity index (χ1v) is 16.7. The van der Waals surface area contributed by atoms with Crippen molar-refractivity contribution >= 4 is 21.5 Å². The van der Waals surface area contributed by atoms with Gasteiger partial charge in [0, 0.05) is 16.4 Å². The van der Waals surface area contributed by atoms with Crippen LogP contribution in [0.15, 0.2) is 158 Å². The van der Waals surface area contributed by atoms with Crippen molar-refractivity contribution < 1.29 is 4.74 Å². The molecule has 10 rings (SSSR count). The fraction of sp³-hybridized carbons (Fsp3) is 0.0638. The van der Waals surface area contributed by atoms with Crippen molar-refractivity contribution in [1.82, 2.24) is 0 Å². The molecule has 8 aromatic rings. The summed E-state index contributed by atoms with van der Waals surface area (Å²) in [7, 11) is 0. The fourth-order valence-corrected chi connectivity index (χ4v) is 8.07. The molecular weight excluding hydrogens is 581 g/mol. The van der Waals surface area contributed by atoms with Crippen molar-refractivity contribution in [2.75, 3.05) is 0 Å².